The first-order valence-corrected chi connectivity index (χ1v) is 9.25. The summed E-state index contributed by atoms with van der Waals surface area (Å²) >= 11 is 0. The molecule has 0 rings (SSSR count). The van der Waals surface area contributed by atoms with Crippen LogP contribution >= 0.6 is 0 Å². The summed E-state index contributed by atoms with van der Waals surface area (Å²) in [6.07, 6.45) is 11.2. The molecule has 4 nitrogen and oxygen atoms in total. The van der Waals surface area contributed by atoms with Crippen LogP contribution in [0.25, 0.3) is 0 Å². The minimum absolute atomic E-state index is 0.297. The van der Waals surface area contributed by atoms with Crippen LogP contribution in [0.15, 0.2) is 0 Å². The molecule has 0 saturated carbocycles. The lowest BCUT2D eigenvalue weighted by atomic mass is 9.96. The number of aliphatic hydroxyl groups is 3. The summed E-state index contributed by atoms with van der Waals surface area (Å²) in [4.78, 5) is 0. The minimum Gasteiger partial charge on any atom is -0.395 e. The van der Waals surface area contributed by atoms with Gasteiger partial charge in [-0.25, -0.2) is 0 Å². The molecule has 134 valence electrons. The molecule has 4 heteroatoms. The van der Waals surface area contributed by atoms with E-state index >= 15 is 0 Å². The van der Waals surface area contributed by atoms with Crippen molar-refractivity contribution in [3.63, 3.8) is 0 Å². The Morgan fingerprint density at radius 1 is 0.818 bits per heavy atom. The average molecular weight is 318 g/mol. The zero-order valence-electron chi connectivity index (χ0n) is 14.7. The lowest BCUT2D eigenvalue weighted by Crippen LogP contribution is -2.45. The maximum Gasteiger partial charge on any atom is 0.0971 e. The number of aliphatic hydroxyl groups excluding tert-OH is 3. The number of nitrogens with two attached hydrogens (primary N) is 1. The molecule has 4 atom stereocenters. The highest BCUT2D eigenvalue weighted by molar-refractivity contribution is 4.77. The van der Waals surface area contributed by atoms with Crippen LogP contribution in [-0.2, 0) is 0 Å². The second kappa shape index (κ2) is 14.4. The Hall–Kier alpha value is -0.160. The summed E-state index contributed by atoms with van der Waals surface area (Å²) in [7, 11) is 0. The van der Waals surface area contributed by atoms with Gasteiger partial charge in [0.25, 0.3) is 0 Å². The van der Waals surface area contributed by atoms with Crippen LogP contribution in [0.3, 0.4) is 0 Å². The van der Waals surface area contributed by atoms with Crippen molar-refractivity contribution >= 4 is 0 Å². The van der Waals surface area contributed by atoms with E-state index in [0.717, 1.165) is 18.8 Å². The molecule has 0 aliphatic rings. The molecule has 0 fully saturated rings. The van der Waals surface area contributed by atoms with Crippen LogP contribution in [0, 0.1) is 5.92 Å². The Balaban J connectivity index is 3.43. The first-order valence-electron chi connectivity index (χ1n) is 9.25. The molecule has 0 spiro atoms. The monoisotopic (exact) mass is 317 g/mol. The highest BCUT2D eigenvalue weighted by Crippen LogP contribution is 2.18. The number of hydrogen-bond acceptors (Lipinski definition) is 4. The lowest BCUT2D eigenvalue weighted by Gasteiger charge is -2.22. The van der Waals surface area contributed by atoms with E-state index < -0.39 is 18.2 Å². The van der Waals surface area contributed by atoms with Gasteiger partial charge in [-0.1, -0.05) is 78.1 Å². The van der Waals surface area contributed by atoms with Crippen LogP contribution in [-0.4, -0.2) is 40.2 Å². The van der Waals surface area contributed by atoms with E-state index in [-0.39, 0.29) is 6.61 Å². The highest BCUT2D eigenvalue weighted by atomic mass is 16.3. The van der Waals surface area contributed by atoms with Crippen molar-refractivity contribution in [1.82, 2.24) is 0 Å². The van der Waals surface area contributed by atoms with Crippen LogP contribution < -0.4 is 5.73 Å². The molecule has 0 saturated heterocycles. The van der Waals surface area contributed by atoms with Crippen LogP contribution in [0.2, 0.25) is 0 Å². The van der Waals surface area contributed by atoms with E-state index in [1.807, 2.05) is 0 Å². The van der Waals surface area contributed by atoms with Gasteiger partial charge in [-0.15, -0.1) is 0 Å². The molecule has 22 heavy (non-hydrogen) atoms. The molecule has 0 amide bonds. The molecular formula is C18H39NO3. The fourth-order valence-electron chi connectivity index (χ4n) is 2.83. The van der Waals surface area contributed by atoms with Crippen molar-refractivity contribution in [2.75, 3.05) is 6.61 Å². The summed E-state index contributed by atoms with van der Waals surface area (Å²) < 4.78 is 0. The summed E-state index contributed by atoms with van der Waals surface area (Å²) in [5.74, 6) is 0.850. The molecule has 0 aromatic heterocycles. The maximum absolute atomic E-state index is 9.76. The summed E-state index contributed by atoms with van der Waals surface area (Å²) in [5.41, 5.74) is 5.50. The second-order valence-corrected chi connectivity index (χ2v) is 6.85. The smallest absolute Gasteiger partial charge is 0.0971 e. The van der Waals surface area contributed by atoms with E-state index in [1.165, 1.54) is 51.4 Å². The Labute approximate surface area is 137 Å². The first kappa shape index (κ1) is 21.8. The van der Waals surface area contributed by atoms with Gasteiger partial charge < -0.3 is 21.1 Å². The second-order valence-electron chi connectivity index (χ2n) is 6.85. The Morgan fingerprint density at radius 2 is 1.32 bits per heavy atom. The first-order chi connectivity index (χ1) is 10.5. The highest BCUT2D eigenvalue weighted by Gasteiger charge is 2.22. The molecule has 0 aromatic carbocycles. The molecule has 1 unspecified atom stereocenters. The van der Waals surface area contributed by atoms with E-state index in [0.29, 0.717) is 6.42 Å². The lowest BCUT2D eigenvalue weighted by molar-refractivity contribution is -0.0121. The van der Waals surface area contributed by atoms with E-state index in [2.05, 4.69) is 13.8 Å². The van der Waals surface area contributed by atoms with Gasteiger partial charge in [0.15, 0.2) is 0 Å². The zero-order valence-corrected chi connectivity index (χ0v) is 14.7. The molecule has 0 aliphatic heterocycles. The maximum atomic E-state index is 9.76. The minimum atomic E-state index is -1.02. The third-order valence-electron chi connectivity index (χ3n) is 4.54. The topological polar surface area (TPSA) is 86.7 Å². The van der Waals surface area contributed by atoms with E-state index in [4.69, 9.17) is 10.8 Å². The largest absolute Gasteiger partial charge is 0.395 e. The number of rotatable bonds is 15. The van der Waals surface area contributed by atoms with Crippen molar-refractivity contribution in [2.24, 2.45) is 11.7 Å². The fourth-order valence-corrected chi connectivity index (χ4v) is 2.83. The van der Waals surface area contributed by atoms with Crippen LogP contribution in [0.1, 0.15) is 84.5 Å². The van der Waals surface area contributed by atoms with Gasteiger partial charge in [0, 0.05) is 0 Å². The standard InChI is InChI=1S/C18H39NO3/c1-3-4-8-11-15(2)12-9-6-5-7-10-13-17(21)18(22)16(19)14-20/h15-18,20-22H,3-14,19H2,1-2H3/t15?,16-,17+,18-/m0/s1. The van der Waals surface area contributed by atoms with Gasteiger partial charge in [-0.3, -0.25) is 0 Å². The molecule has 5 N–H and O–H groups in total. The predicted octanol–water partition coefficient (Wildman–Crippen LogP) is 2.97. The van der Waals surface area contributed by atoms with Gasteiger partial charge in [0.05, 0.1) is 24.9 Å². The molecule has 0 heterocycles. The molecular weight excluding hydrogens is 278 g/mol. The van der Waals surface area contributed by atoms with Crippen molar-refractivity contribution in [2.45, 2.75) is 103 Å². The quantitative estimate of drug-likeness (QED) is 0.350. The summed E-state index contributed by atoms with van der Waals surface area (Å²) in [5, 5.41) is 28.2. The predicted molar refractivity (Wildman–Crippen MR) is 92.7 cm³/mol. The normalized spacial score (nSPS) is 17.2. The van der Waals surface area contributed by atoms with Crippen LogP contribution in [0.5, 0.6) is 0 Å². The van der Waals surface area contributed by atoms with Gasteiger partial charge in [0.2, 0.25) is 0 Å². The van der Waals surface area contributed by atoms with Gasteiger partial charge in [0.1, 0.15) is 0 Å². The van der Waals surface area contributed by atoms with E-state index in [9.17, 15) is 10.2 Å². The zero-order chi connectivity index (χ0) is 16.8. The van der Waals surface area contributed by atoms with Crippen molar-refractivity contribution in [3.05, 3.63) is 0 Å². The molecule has 0 aliphatic carbocycles. The van der Waals surface area contributed by atoms with Gasteiger partial charge in [-0.05, 0) is 12.3 Å². The van der Waals surface area contributed by atoms with Gasteiger partial charge >= 0.3 is 0 Å². The van der Waals surface area contributed by atoms with Crippen LogP contribution in [0.4, 0.5) is 0 Å². The molecule has 0 aromatic rings. The average Bonchev–Trinajstić information content (AvgIpc) is 2.52. The number of hydrogen-bond donors (Lipinski definition) is 4. The van der Waals surface area contributed by atoms with Crippen molar-refractivity contribution in [1.29, 1.82) is 0 Å². The van der Waals surface area contributed by atoms with Crippen molar-refractivity contribution in [3.8, 4) is 0 Å². The Bertz CT molecular complexity index is 238. The Morgan fingerprint density at radius 3 is 1.86 bits per heavy atom. The fraction of sp³-hybridized carbons (Fsp3) is 1.00. The SMILES string of the molecule is CCCCCC(C)CCCCCCC[C@@H](O)[C@@H](O)[C@@H](N)CO. The molecule has 0 bridgehead atoms. The Kier molecular flexibility index (Phi) is 14.3. The summed E-state index contributed by atoms with van der Waals surface area (Å²) in [6.45, 7) is 4.31. The summed E-state index contributed by atoms with van der Waals surface area (Å²) in [6, 6.07) is -0.746. The number of unbranched alkanes of at least 4 members (excludes halogenated alkanes) is 6. The molecule has 0 radical (unpaired) electrons. The van der Waals surface area contributed by atoms with Gasteiger partial charge in [-0.2, -0.15) is 0 Å². The third kappa shape index (κ3) is 11.4. The van der Waals surface area contributed by atoms with E-state index in [1.54, 1.807) is 0 Å². The third-order valence-corrected chi connectivity index (χ3v) is 4.54. The van der Waals surface area contributed by atoms with Crippen molar-refractivity contribution < 1.29 is 15.3 Å².